The Morgan fingerprint density at radius 2 is 2.10 bits per heavy atom. The number of aromatic nitrogens is 2. The van der Waals surface area contributed by atoms with Gasteiger partial charge in [-0.1, -0.05) is 38.1 Å². The minimum absolute atomic E-state index is 0.0513. The predicted molar refractivity (Wildman–Crippen MR) is 76.4 cm³/mol. The minimum Gasteiger partial charge on any atom is -0.339 e. The molecule has 1 heterocycles. The molecule has 1 aromatic carbocycles. The lowest BCUT2D eigenvalue weighted by atomic mass is 9.96. The zero-order valence-corrected chi connectivity index (χ0v) is 12.2. The van der Waals surface area contributed by atoms with E-state index < -0.39 is 0 Å². The van der Waals surface area contributed by atoms with E-state index in [4.69, 9.17) is 9.78 Å². The van der Waals surface area contributed by atoms with Crippen molar-refractivity contribution in [3.63, 3.8) is 0 Å². The second kappa shape index (κ2) is 5.75. The molecule has 0 saturated heterocycles. The van der Waals surface area contributed by atoms with Crippen LogP contribution in [0.1, 0.15) is 37.0 Å². The molecular formula is C15H16N4O2. The van der Waals surface area contributed by atoms with E-state index in [0.29, 0.717) is 22.8 Å². The molecule has 0 saturated carbocycles. The number of carbonyl (C=O) groups is 1. The van der Waals surface area contributed by atoms with Crippen LogP contribution in [0, 0.1) is 11.3 Å². The van der Waals surface area contributed by atoms with Crippen LogP contribution < -0.4 is 5.32 Å². The van der Waals surface area contributed by atoms with Crippen LogP contribution in [0.5, 0.6) is 0 Å². The summed E-state index contributed by atoms with van der Waals surface area (Å²) in [6, 6.07) is 8.79. The highest BCUT2D eigenvalue weighted by atomic mass is 16.5. The SMILES string of the molecule is CC(C)(C)c1noc(-c2ccccc2C(=O)NCC#N)n1. The summed E-state index contributed by atoms with van der Waals surface area (Å²) in [5, 5.41) is 15.0. The minimum atomic E-state index is -0.345. The summed E-state index contributed by atoms with van der Waals surface area (Å²) >= 11 is 0. The van der Waals surface area contributed by atoms with Gasteiger partial charge in [0.25, 0.3) is 11.8 Å². The normalized spacial score (nSPS) is 11.0. The van der Waals surface area contributed by atoms with E-state index in [1.54, 1.807) is 24.3 Å². The van der Waals surface area contributed by atoms with E-state index in [2.05, 4.69) is 15.5 Å². The molecular weight excluding hydrogens is 268 g/mol. The fourth-order valence-electron chi connectivity index (χ4n) is 1.72. The fraction of sp³-hybridized carbons (Fsp3) is 0.333. The summed E-state index contributed by atoms with van der Waals surface area (Å²) in [5.41, 5.74) is 0.715. The average Bonchev–Trinajstić information content (AvgIpc) is 2.94. The molecule has 0 spiro atoms. The lowest BCUT2D eigenvalue weighted by Crippen LogP contribution is -2.24. The third-order valence-electron chi connectivity index (χ3n) is 2.83. The Hall–Kier alpha value is -2.68. The maximum absolute atomic E-state index is 12.0. The van der Waals surface area contributed by atoms with Crippen LogP contribution >= 0.6 is 0 Å². The van der Waals surface area contributed by atoms with Crippen LogP contribution in [-0.2, 0) is 5.41 Å². The second-order valence-electron chi connectivity index (χ2n) is 5.56. The predicted octanol–water partition coefficient (Wildman–Crippen LogP) is 2.29. The monoisotopic (exact) mass is 284 g/mol. The number of benzene rings is 1. The molecule has 1 amide bonds. The number of nitrogens with zero attached hydrogens (tertiary/aromatic N) is 3. The van der Waals surface area contributed by atoms with E-state index in [1.165, 1.54) is 0 Å². The maximum Gasteiger partial charge on any atom is 0.258 e. The standard InChI is InChI=1S/C15H16N4O2/c1-15(2,3)14-18-13(21-19-14)11-7-5-4-6-10(11)12(20)17-9-8-16/h4-7H,9H2,1-3H3,(H,17,20). The van der Waals surface area contributed by atoms with Gasteiger partial charge >= 0.3 is 0 Å². The summed E-state index contributed by atoms with van der Waals surface area (Å²) in [4.78, 5) is 16.4. The van der Waals surface area contributed by atoms with Gasteiger partial charge in [-0.25, -0.2) is 0 Å². The zero-order chi connectivity index (χ0) is 15.5. The van der Waals surface area contributed by atoms with Crippen LogP contribution in [0.15, 0.2) is 28.8 Å². The molecule has 1 N–H and O–H groups in total. The van der Waals surface area contributed by atoms with Gasteiger partial charge in [0.05, 0.1) is 17.2 Å². The van der Waals surface area contributed by atoms with Crippen LogP contribution in [-0.4, -0.2) is 22.6 Å². The first-order chi connectivity index (χ1) is 9.93. The molecule has 0 bridgehead atoms. The van der Waals surface area contributed by atoms with Gasteiger partial charge in [0.2, 0.25) is 0 Å². The molecule has 108 valence electrons. The number of hydrogen-bond acceptors (Lipinski definition) is 5. The van der Waals surface area contributed by atoms with Gasteiger partial charge in [-0.05, 0) is 12.1 Å². The second-order valence-corrected chi connectivity index (χ2v) is 5.56. The molecule has 6 heteroatoms. The molecule has 0 aliphatic heterocycles. The first-order valence-corrected chi connectivity index (χ1v) is 6.52. The average molecular weight is 284 g/mol. The van der Waals surface area contributed by atoms with Crippen molar-refractivity contribution in [3.8, 4) is 17.5 Å². The smallest absolute Gasteiger partial charge is 0.258 e. The molecule has 2 aromatic rings. The molecule has 0 aliphatic rings. The number of nitrogens with one attached hydrogen (secondary N) is 1. The number of rotatable bonds is 3. The van der Waals surface area contributed by atoms with Gasteiger partial charge in [-0.3, -0.25) is 4.79 Å². The summed E-state index contributed by atoms with van der Waals surface area (Å²) < 4.78 is 5.27. The van der Waals surface area contributed by atoms with Gasteiger partial charge in [0.1, 0.15) is 6.54 Å². The highest BCUT2D eigenvalue weighted by Gasteiger charge is 2.23. The Kier molecular flexibility index (Phi) is 4.03. The lowest BCUT2D eigenvalue weighted by molar-refractivity contribution is 0.0959. The summed E-state index contributed by atoms with van der Waals surface area (Å²) in [6.07, 6.45) is 0. The molecule has 0 radical (unpaired) electrons. The number of nitriles is 1. The van der Waals surface area contributed by atoms with Crippen LogP contribution in [0.2, 0.25) is 0 Å². The Balaban J connectivity index is 2.39. The van der Waals surface area contributed by atoms with Gasteiger partial charge in [0.15, 0.2) is 5.82 Å². The van der Waals surface area contributed by atoms with E-state index in [1.807, 2.05) is 26.8 Å². The molecule has 0 unspecified atom stereocenters. The highest BCUT2D eigenvalue weighted by Crippen LogP contribution is 2.25. The van der Waals surface area contributed by atoms with Crippen molar-refractivity contribution in [1.82, 2.24) is 15.5 Å². The molecule has 0 fully saturated rings. The Morgan fingerprint density at radius 3 is 2.71 bits per heavy atom. The third-order valence-corrected chi connectivity index (χ3v) is 2.83. The van der Waals surface area contributed by atoms with Crippen LogP contribution in [0.4, 0.5) is 0 Å². The Morgan fingerprint density at radius 1 is 1.38 bits per heavy atom. The van der Waals surface area contributed by atoms with Crippen molar-refractivity contribution in [2.45, 2.75) is 26.2 Å². The Labute approximate surface area is 122 Å². The number of hydrogen-bond donors (Lipinski definition) is 1. The van der Waals surface area contributed by atoms with Crippen LogP contribution in [0.3, 0.4) is 0 Å². The molecule has 1 aromatic heterocycles. The van der Waals surface area contributed by atoms with Crippen molar-refractivity contribution in [2.75, 3.05) is 6.54 Å². The van der Waals surface area contributed by atoms with Gasteiger partial charge in [-0.2, -0.15) is 10.2 Å². The van der Waals surface area contributed by atoms with Gasteiger partial charge in [-0.15, -0.1) is 0 Å². The van der Waals surface area contributed by atoms with Crippen molar-refractivity contribution in [1.29, 1.82) is 5.26 Å². The van der Waals surface area contributed by atoms with Crippen molar-refractivity contribution in [3.05, 3.63) is 35.7 Å². The first-order valence-electron chi connectivity index (χ1n) is 6.52. The topological polar surface area (TPSA) is 91.8 Å². The lowest BCUT2D eigenvalue weighted by Gasteiger charge is -2.11. The summed E-state index contributed by atoms with van der Waals surface area (Å²) in [5.74, 6) is 0.523. The van der Waals surface area contributed by atoms with E-state index in [9.17, 15) is 4.79 Å². The van der Waals surface area contributed by atoms with E-state index in [0.717, 1.165) is 0 Å². The summed E-state index contributed by atoms with van der Waals surface area (Å²) in [7, 11) is 0. The zero-order valence-electron chi connectivity index (χ0n) is 12.2. The van der Waals surface area contributed by atoms with Crippen molar-refractivity contribution >= 4 is 5.91 Å². The molecule has 0 aliphatic carbocycles. The van der Waals surface area contributed by atoms with Gasteiger partial charge in [0, 0.05) is 5.41 Å². The molecule has 6 nitrogen and oxygen atoms in total. The third kappa shape index (κ3) is 3.26. The number of amides is 1. The largest absolute Gasteiger partial charge is 0.339 e. The van der Waals surface area contributed by atoms with Crippen molar-refractivity contribution < 1.29 is 9.32 Å². The quantitative estimate of drug-likeness (QED) is 0.873. The first kappa shape index (κ1) is 14.7. The van der Waals surface area contributed by atoms with E-state index >= 15 is 0 Å². The highest BCUT2D eigenvalue weighted by molar-refractivity contribution is 6.00. The number of carbonyl (C=O) groups excluding carboxylic acids is 1. The Bertz CT molecular complexity index is 692. The van der Waals surface area contributed by atoms with Crippen LogP contribution in [0.25, 0.3) is 11.5 Å². The molecule has 2 rings (SSSR count). The van der Waals surface area contributed by atoms with E-state index in [-0.39, 0.29) is 17.9 Å². The maximum atomic E-state index is 12.0. The van der Waals surface area contributed by atoms with Gasteiger partial charge < -0.3 is 9.84 Å². The fourth-order valence-corrected chi connectivity index (χ4v) is 1.72. The molecule has 21 heavy (non-hydrogen) atoms. The summed E-state index contributed by atoms with van der Waals surface area (Å²) in [6.45, 7) is 5.89. The van der Waals surface area contributed by atoms with Crippen molar-refractivity contribution in [2.24, 2.45) is 0 Å². The molecule has 0 atom stereocenters.